The van der Waals surface area contributed by atoms with Crippen molar-refractivity contribution in [1.82, 2.24) is 0 Å². The number of ether oxygens (including phenoxy) is 2. The van der Waals surface area contributed by atoms with Crippen LogP contribution < -0.4 is 0 Å². The molecule has 9 nitrogen and oxygen atoms in total. The molecule has 0 rings (SSSR count). The minimum Gasteiger partial charge on any atom is -0.479 e. The summed E-state index contributed by atoms with van der Waals surface area (Å²) in [6, 6.07) is 0. The zero-order chi connectivity index (χ0) is 36.6. The van der Waals surface area contributed by atoms with Gasteiger partial charge in [0.1, 0.15) is 6.61 Å². The summed E-state index contributed by atoms with van der Waals surface area (Å²) in [5, 5.41) is 46.0. The maximum Gasteiger partial charge on any atom is 0.332 e. The lowest BCUT2D eigenvalue weighted by Crippen LogP contribution is -2.25. The van der Waals surface area contributed by atoms with Gasteiger partial charge in [-0.05, 0) is 38.5 Å². The van der Waals surface area contributed by atoms with Gasteiger partial charge in [-0.2, -0.15) is 0 Å². The Kier molecular flexibility index (Phi) is 41.9. The fraction of sp³-hybridized carbons (Fsp3) is 0.950. The molecule has 0 heterocycles. The van der Waals surface area contributed by atoms with Crippen LogP contribution in [0.3, 0.4) is 0 Å². The minimum absolute atomic E-state index is 0.0847. The van der Waals surface area contributed by atoms with Crippen LogP contribution in [0, 0.1) is 0 Å². The van der Waals surface area contributed by atoms with Crippen LogP contribution in [-0.4, -0.2) is 82.2 Å². The van der Waals surface area contributed by atoms with E-state index in [4.69, 9.17) is 24.8 Å². The maximum atomic E-state index is 11.2. The lowest BCUT2D eigenvalue weighted by Gasteiger charge is -2.12. The van der Waals surface area contributed by atoms with Crippen molar-refractivity contribution in [2.75, 3.05) is 26.4 Å². The van der Waals surface area contributed by atoms with Gasteiger partial charge in [0, 0.05) is 6.42 Å². The number of hydrogen-bond acceptors (Lipinski definition) is 8. The second kappa shape index (κ2) is 41.2. The van der Waals surface area contributed by atoms with E-state index < -0.39 is 12.1 Å². The number of aliphatic hydroxyl groups excluding tert-OH is 4. The van der Waals surface area contributed by atoms with Gasteiger partial charge in [-0.15, -0.1) is 0 Å². The number of carboxylic acid groups (broad SMARTS) is 1. The molecule has 294 valence electrons. The van der Waals surface area contributed by atoms with E-state index in [1.54, 1.807) is 0 Å². The minimum atomic E-state index is -0.943. The number of carbonyl (C=O) groups is 2. The van der Waals surface area contributed by atoms with E-state index in [0.29, 0.717) is 12.8 Å². The summed E-state index contributed by atoms with van der Waals surface area (Å²) in [7, 11) is 0. The lowest BCUT2D eigenvalue weighted by molar-refractivity contribution is -0.151. The van der Waals surface area contributed by atoms with Crippen LogP contribution in [-0.2, 0) is 19.1 Å². The van der Waals surface area contributed by atoms with Gasteiger partial charge in [0.05, 0.1) is 32.0 Å². The molecule has 3 unspecified atom stereocenters. The topological polar surface area (TPSA) is 154 Å². The third-order valence-electron chi connectivity index (χ3n) is 8.99. The standard InChI is InChI=1S/C20H40O5.C20H40O4/c1-2-3-4-10-13-18(22)14-11-8-6-5-7-9-12-15-19(20(23)24)25-17-16-21;1-2-3-4-11-14-19(22)15-12-9-7-5-6-8-10-13-16-20(23)24-18-17-21/h18-19,21-22H,2-17H2,1H3,(H,23,24);19,21-22H,2-18H2,1H3. The Bertz CT molecular complexity index is 676. The molecule has 0 saturated carbocycles. The molecular formula is C40H80O9. The lowest BCUT2D eigenvalue weighted by atomic mass is 10.0. The first-order valence-electron chi connectivity index (χ1n) is 20.4. The van der Waals surface area contributed by atoms with E-state index in [2.05, 4.69) is 13.8 Å². The van der Waals surface area contributed by atoms with E-state index in [0.717, 1.165) is 77.0 Å². The smallest absolute Gasteiger partial charge is 0.332 e. The molecule has 0 aromatic carbocycles. The third-order valence-corrected chi connectivity index (χ3v) is 8.99. The predicted molar refractivity (Wildman–Crippen MR) is 200 cm³/mol. The molecule has 9 heteroatoms. The number of carboxylic acids is 1. The monoisotopic (exact) mass is 705 g/mol. The zero-order valence-electron chi connectivity index (χ0n) is 31.9. The average molecular weight is 705 g/mol. The van der Waals surface area contributed by atoms with Crippen molar-refractivity contribution >= 4 is 11.9 Å². The van der Waals surface area contributed by atoms with Crippen molar-refractivity contribution in [3.05, 3.63) is 0 Å². The first-order chi connectivity index (χ1) is 23.8. The summed E-state index contributed by atoms with van der Waals surface area (Å²) >= 11 is 0. The molecule has 5 N–H and O–H groups in total. The zero-order valence-corrected chi connectivity index (χ0v) is 31.9. The van der Waals surface area contributed by atoms with Gasteiger partial charge in [-0.3, -0.25) is 4.79 Å². The molecule has 0 fully saturated rings. The van der Waals surface area contributed by atoms with E-state index in [1.807, 2.05) is 0 Å². The van der Waals surface area contributed by atoms with Gasteiger partial charge in [0.2, 0.25) is 0 Å². The van der Waals surface area contributed by atoms with E-state index in [-0.39, 0.29) is 44.6 Å². The summed E-state index contributed by atoms with van der Waals surface area (Å²) in [4.78, 5) is 22.2. The summed E-state index contributed by atoms with van der Waals surface area (Å²) < 4.78 is 9.91. The van der Waals surface area contributed by atoms with Crippen molar-refractivity contribution in [2.24, 2.45) is 0 Å². The van der Waals surface area contributed by atoms with Crippen molar-refractivity contribution < 1.29 is 44.6 Å². The summed E-state index contributed by atoms with van der Waals surface area (Å²) in [5.41, 5.74) is 0. The number of carbonyl (C=O) groups excluding carboxylic acids is 1. The van der Waals surface area contributed by atoms with Gasteiger partial charge < -0.3 is 35.0 Å². The van der Waals surface area contributed by atoms with Gasteiger partial charge in [0.25, 0.3) is 0 Å². The Hall–Kier alpha value is -1.26. The van der Waals surface area contributed by atoms with Gasteiger partial charge >= 0.3 is 11.9 Å². The molecular weight excluding hydrogens is 624 g/mol. The van der Waals surface area contributed by atoms with Crippen LogP contribution in [0.15, 0.2) is 0 Å². The Morgan fingerprint density at radius 1 is 0.490 bits per heavy atom. The normalized spacial score (nSPS) is 13.0. The molecule has 0 aromatic rings. The highest BCUT2D eigenvalue weighted by molar-refractivity contribution is 5.72. The van der Waals surface area contributed by atoms with Crippen molar-refractivity contribution in [3.8, 4) is 0 Å². The first kappa shape index (κ1) is 49.9. The number of esters is 1. The van der Waals surface area contributed by atoms with Crippen LogP contribution >= 0.6 is 0 Å². The summed E-state index contributed by atoms with van der Waals surface area (Å²) in [6.45, 7) is 4.38. The molecule has 0 aromatic heterocycles. The highest BCUT2D eigenvalue weighted by Crippen LogP contribution is 2.16. The summed E-state index contributed by atoms with van der Waals surface area (Å²) in [5.74, 6) is -1.14. The molecule has 0 spiro atoms. The molecule has 49 heavy (non-hydrogen) atoms. The van der Waals surface area contributed by atoms with Crippen LogP contribution in [0.4, 0.5) is 0 Å². The predicted octanol–water partition coefficient (Wildman–Crippen LogP) is 9.04. The quantitative estimate of drug-likeness (QED) is 0.0315. The van der Waals surface area contributed by atoms with Crippen molar-refractivity contribution in [2.45, 2.75) is 218 Å². The Labute approximate surface area is 300 Å². The second-order valence-corrected chi connectivity index (χ2v) is 13.8. The second-order valence-electron chi connectivity index (χ2n) is 13.8. The molecule has 0 radical (unpaired) electrons. The highest BCUT2D eigenvalue weighted by Gasteiger charge is 2.16. The molecule has 0 bridgehead atoms. The van der Waals surface area contributed by atoms with Crippen LogP contribution in [0.1, 0.15) is 200 Å². The highest BCUT2D eigenvalue weighted by atomic mass is 16.5. The Morgan fingerprint density at radius 3 is 1.20 bits per heavy atom. The van der Waals surface area contributed by atoms with Crippen LogP contribution in [0.25, 0.3) is 0 Å². The summed E-state index contributed by atoms with van der Waals surface area (Å²) in [6.07, 6.45) is 30.5. The molecule has 0 amide bonds. The average Bonchev–Trinajstić information content (AvgIpc) is 3.09. The number of rotatable bonds is 37. The third kappa shape index (κ3) is 41.1. The van der Waals surface area contributed by atoms with E-state index in [1.165, 1.54) is 96.3 Å². The Balaban J connectivity index is 0. The first-order valence-corrected chi connectivity index (χ1v) is 20.4. The van der Waals surface area contributed by atoms with Gasteiger partial charge in [-0.1, -0.05) is 155 Å². The fourth-order valence-electron chi connectivity index (χ4n) is 5.91. The molecule has 0 aliphatic carbocycles. The molecule has 0 saturated heterocycles. The van der Waals surface area contributed by atoms with Gasteiger partial charge in [-0.25, -0.2) is 4.79 Å². The fourth-order valence-corrected chi connectivity index (χ4v) is 5.91. The largest absolute Gasteiger partial charge is 0.479 e. The number of hydrogen-bond donors (Lipinski definition) is 5. The molecule has 0 aliphatic heterocycles. The van der Waals surface area contributed by atoms with Crippen LogP contribution in [0.2, 0.25) is 0 Å². The van der Waals surface area contributed by atoms with E-state index in [9.17, 15) is 19.8 Å². The van der Waals surface area contributed by atoms with Gasteiger partial charge in [0.15, 0.2) is 6.10 Å². The molecule has 3 atom stereocenters. The maximum absolute atomic E-state index is 11.2. The van der Waals surface area contributed by atoms with Crippen LogP contribution in [0.5, 0.6) is 0 Å². The Morgan fingerprint density at radius 2 is 0.837 bits per heavy atom. The SMILES string of the molecule is CCCCCCC(O)CCCCCCCCCC(OCCO)C(=O)O.CCCCCCC(O)CCCCCCCCCCC(=O)OCCO. The number of aliphatic hydroxyl groups is 4. The van der Waals surface area contributed by atoms with E-state index >= 15 is 0 Å². The van der Waals surface area contributed by atoms with Crippen molar-refractivity contribution in [1.29, 1.82) is 0 Å². The van der Waals surface area contributed by atoms with Crippen molar-refractivity contribution in [3.63, 3.8) is 0 Å². The molecule has 0 aliphatic rings. The number of aliphatic carboxylic acids is 1. The number of unbranched alkanes of at least 4 members (excludes halogenated alkanes) is 19.